The molecule has 0 spiro atoms. The number of hydrogen-bond acceptors (Lipinski definition) is 5. The predicted molar refractivity (Wildman–Crippen MR) is 138 cm³/mol. The molecule has 6 nitrogen and oxygen atoms in total. The van der Waals surface area contributed by atoms with E-state index < -0.39 is 43.6 Å². The molecule has 0 radical (unpaired) electrons. The van der Waals surface area contributed by atoms with E-state index in [2.05, 4.69) is 47.6 Å². The van der Waals surface area contributed by atoms with Crippen LogP contribution in [-0.2, 0) is 9.59 Å². The number of ketones is 1. The van der Waals surface area contributed by atoms with Gasteiger partial charge in [0.1, 0.15) is 15.0 Å². The largest absolute Gasteiger partial charge is 0.481 e. The molecule has 14 heteroatoms. The Morgan fingerprint density at radius 1 is 0.846 bits per heavy atom. The van der Waals surface area contributed by atoms with E-state index in [4.69, 9.17) is 5.11 Å². The number of pyridine rings is 2. The number of carbonyl (C=O) groups excluding carboxylic acids is 1. The fourth-order valence-corrected chi connectivity index (χ4v) is 4.23. The lowest BCUT2D eigenvalue weighted by Crippen LogP contribution is -2.21. The molecule has 39 heavy (non-hydrogen) atoms. The number of halogens is 8. The molecule has 0 aromatic carbocycles. The van der Waals surface area contributed by atoms with Crippen LogP contribution >= 0.6 is 31.9 Å². The first-order chi connectivity index (χ1) is 18.1. The summed E-state index contributed by atoms with van der Waals surface area (Å²) < 4.78 is 69.9. The molecule has 0 amide bonds. The average Bonchev–Trinajstić information content (AvgIpc) is 3.76. The monoisotopic (exact) mass is 689 g/mol. The first-order valence-electron chi connectivity index (χ1n) is 11.9. The predicted octanol–water partition coefficient (Wildman–Crippen LogP) is 7.18. The zero-order chi connectivity index (χ0) is 29.4. The highest BCUT2D eigenvalue weighted by molar-refractivity contribution is 9.10. The number of rotatable bonds is 8. The lowest BCUT2D eigenvalue weighted by molar-refractivity contribution is -0.144. The lowest BCUT2D eigenvalue weighted by atomic mass is 9.89. The van der Waals surface area contributed by atoms with Crippen molar-refractivity contribution in [3.8, 4) is 0 Å². The van der Waals surface area contributed by atoms with E-state index in [0.717, 1.165) is 41.4 Å². The summed E-state index contributed by atoms with van der Waals surface area (Å²) in [6, 6.07) is 7.08. The Kier molecular flexibility index (Phi) is 12.4. The normalized spacial score (nSPS) is 16.6. The molecule has 2 aliphatic carbocycles. The van der Waals surface area contributed by atoms with Gasteiger partial charge in [0.2, 0.25) is 0 Å². The van der Waals surface area contributed by atoms with Gasteiger partial charge >= 0.3 is 18.3 Å². The van der Waals surface area contributed by atoms with Crippen molar-refractivity contribution in [3.05, 3.63) is 57.0 Å². The Bertz CT molecular complexity index is 1070. The highest BCUT2D eigenvalue weighted by Gasteiger charge is 2.39. The van der Waals surface area contributed by atoms with Crippen LogP contribution in [0.25, 0.3) is 0 Å². The molecule has 4 rings (SSSR count). The molecule has 2 aromatic heterocycles. The maximum Gasteiger partial charge on any atom is 0.400 e. The molecular formula is C25H27Br2F6N3O3. The molecule has 2 heterocycles. The maximum atomic E-state index is 12.2. The first kappa shape index (κ1) is 33.1. The summed E-state index contributed by atoms with van der Waals surface area (Å²) in [6.07, 6.45) is -2.89. The summed E-state index contributed by atoms with van der Waals surface area (Å²) in [5, 5.41) is 9.07. The van der Waals surface area contributed by atoms with Crippen LogP contribution in [0.4, 0.5) is 26.3 Å². The van der Waals surface area contributed by atoms with Crippen molar-refractivity contribution in [3.63, 3.8) is 0 Å². The summed E-state index contributed by atoms with van der Waals surface area (Å²) in [6.45, 7) is -1.23. The molecule has 2 aromatic rings. The molecule has 0 saturated heterocycles. The third kappa shape index (κ3) is 12.8. The standard InChI is InChI=1S/C13H13BrF3NO.C10H10BrNO2.C2H4F3N/c14-11-4-3-9(7-18-11)12(8-1-2-8)10(19)5-6-13(15,16)17;11-8-4-3-7(5-12-8)9(10(13)14)6-1-2-6;3-2(4,5)1-6/h3-4,7-8,12H,1-2,5-6H2;3-6,9H,1-2H2,(H,13,14);1,6H2. The zero-order valence-electron chi connectivity index (χ0n) is 20.5. The van der Waals surface area contributed by atoms with Gasteiger partial charge in [0.05, 0.1) is 18.9 Å². The minimum Gasteiger partial charge on any atom is -0.481 e. The average molecular weight is 691 g/mol. The number of alkyl halides is 6. The van der Waals surface area contributed by atoms with Crippen molar-refractivity contribution in [2.75, 3.05) is 6.54 Å². The van der Waals surface area contributed by atoms with Crippen LogP contribution in [0.1, 0.15) is 61.5 Å². The number of nitrogens with two attached hydrogens (primary N) is 1. The summed E-state index contributed by atoms with van der Waals surface area (Å²) >= 11 is 6.42. The number of carbonyl (C=O) groups is 2. The van der Waals surface area contributed by atoms with Gasteiger partial charge in [0.25, 0.3) is 0 Å². The Morgan fingerprint density at radius 3 is 1.56 bits per heavy atom. The van der Waals surface area contributed by atoms with E-state index in [1.165, 1.54) is 0 Å². The van der Waals surface area contributed by atoms with Gasteiger partial charge in [-0.05, 0) is 92.6 Å². The fraction of sp³-hybridized carbons (Fsp3) is 0.520. The number of Topliss-reactive ketones (excluding diaryl/α,β-unsaturated/α-hetero) is 1. The van der Waals surface area contributed by atoms with Gasteiger partial charge in [-0.2, -0.15) is 26.3 Å². The van der Waals surface area contributed by atoms with Crippen LogP contribution in [0.3, 0.4) is 0 Å². The van der Waals surface area contributed by atoms with Crippen LogP contribution < -0.4 is 5.73 Å². The van der Waals surface area contributed by atoms with E-state index in [1.807, 2.05) is 6.07 Å². The zero-order valence-corrected chi connectivity index (χ0v) is 23.7. The maximum absolute atomic E-state index is 12.2. The lowest BCUT2D eigenvalue weighted by Gasteiger charge is -2.16. The summed E-state index contributed by atoms with van der Waals surface area (Å²) in [5.41, 5.74) is 5.71. The Hall–Kier alpha value is -2.06. The number of carboxylic acid groups (broad SMARTS) is 1. The van der Waals surface area contributed by atoms with Gasteiger partial charge in [0.15, 0.2) is 0 Å². The number of hydrogen-bond donors (Lipinski definition) is 2. The van der Waals surface area contributed by atoms with Crippen LogP contribution in [0.2, 0.25) is 0 Å². The molecule has 2 atom stereocenters. The minimum atomic E-state index is -4.28. The Morgan fingerprint density at radius 2 is 1.26 bits per heavy atom. The van der Waals surface area contributed by atoms with E-state index in [1.54, 1.807) is 30.6 Å². The summed E-state index contributed by atoms with van der Waals surface area (Å²) in [7, 11) is 0. The van der Waals surface area contributed by atoms with Crippen LogP contribution in [0.15, 0.2) is 45.9 Å². The van der Waals surface area contributed by atoms with Crippen molar-refractivity contribution < 1.29 is 41.0 Å². The van der Waals surface area contributed by atoms with Crippen molar-refractivity contribution in [1.82, 2.24) is 9.97 Å². The number of nitrogens with zero attached hydrogens (tertiary/aromatic N) is 2. The molecule has 0 aliphatic heterocycles. The number of aliphatic carboxylic acids is 1. The van der Waals surface area contributed by atoms with Crippen molar-refractivity contribution in [1.29, 1.82) is 0 Å². The fourth-order valence-electron chi connectivity index (χ4n) is 3.76. The third-order valence-electron chi connectivity index (χ3n) is 5.90. The summed E-state index contributed by atoms with van der Waals surface area (Å²) in [4.78, 5) is 31.1. The molecule has 216 valence electrons. The van der Waals surface area contributed by atoms with Crippen LogP contribution in [0.5, 0.6) is 0 Å². The van der Waals surface area contributed by atoms with Crippen molar-refractivity contribution in [2.45, 2.75) is 62.7 Å². The van der Waals surface area contributed by atoms with Crippen molar-refractivity contribution >= 4 is 43.6 Å². The number of aromatic nitrogens is 2. The molecular weight excluding hydrogens is 664 g/mol. The van der Waals surface area contributed by atoms with E-state index >= 15 is 0 Å². The van der Waals surface area contributed by atoms with Gasteiger partial charge in [-0.1, -0.05) is 12.1 Å². The Balaban J connectivity index is 0.000000234. The molecule has 2 fully saturated rings. The van der Waals surface area contributed by atoms with Crippen LogP contribution in [-0.4, -0.2) is 45.7 Å². The molecule has 3 N–H and O–H groups in total. The molecule has 2 aliphatic rings. The van der Waals surface area contributed by atoms with E-state index in [-0.39, 0.29) is 17.6 Å². The highest BCUT2D eigenvalue weighted by atomic mass is 79.9. The van der Waals surface area contributed by atoms with Gasteiger partial charge < -0.3 is 10.8 Å². The third-order valence-corrected chi connectivity index (χ3v) is 6.84. The Labute approximate surface area is 238 Å². The topological polar surface area (TPSA) is 106 Å². The molecule has 2 unspecified atom stereocenters. The second-order valence-electron chi connectivity index (χ2n) is 9.20. The molecule has 2 saturated carbocycles. The number of carboxylic acids is 1. The second-order valence-corrected chi connectivity index (χ2v) is 10.8. The minimum absolute atomic E-state index is 0.184. The molecule has 0 bridgehead atoms. The highest BCUT2D eigenvalue weighted by Crippen LogP contribution is 2.44. The van der Waals surface area contributed by atoms with Gasteiger partial charge in [-0.3, -0.25) is 9.59 Å². The first-order valence-corrected chi connectivity index (χ1v) is 13.5. The smallest absolute Gasteiger partial charge is 0.400 e. The van der Waals surface area contributed by atoms with Crippen LogP contribution in [0, 0.1) is 11.8 Å². The van der Waals surface area contributed by atoms with Crippen molar-refractivity contribution in [2.24, 2.45) is 17.6 Å². The van der Waals surface area contributed by atoms with E-state index in [0.29, 0.717) is 10.5 Å². The quantitative estimate of drug-likeness (QED) is 0.225. The van der Waals surface area contributed by atoms with Gasteiger partial charge in [-0.15, -0.1) is 0 Å². The van der Waals surface area contributed by atoms with Gasteiger partial charge in [0, 0.05) is 24.7 Å². The van der Waals surface area contributed by atoms with E-state index in [9.17, 15) is 35.9 Å². The SMILES string of the molecule is NCC(F)(F)F.O=C(CCC(F)(F)F)C(c1ccc(Br)nc1)C1CC1.O=C(O)C(c1ccc(Br)nc1)C1CC1. The summed E-state index contributed by atoms with van der Waals surface area (Å²) in [5.74, 6) is -1.36. The second kappa shape index (κ2) is 14.5. The van der Waals surface area contributed by atoms with Gasteiger partial charge in [-0.25, -0.2) is 9.97 Å².